The van der Waals surface area contributed by atoms with Crippen LogP contribution in [-0.4, -0.2) is 5.11 Å². The van der Waals surface area contributed by atoms with Crippen LogP contribution in [-0.2, 0) is 6.54 Å². The maximum absolute atomic E-state index is 6.05. The van der Waals surface area contributed by atoms with Gasteiger partial charge in [0.05, 0.1) is 10.7 Å². The van der Waals surface area contributed by atoms with Crippen LogP contribution in [0.1, 0.15) is 11.1 Å². The van der Waals surface area contributed by atoms with Gasteiger partial charge in [-0.05, 0) is 36.8 Å². The molecule has 0 aliphatic heterocycles. The highest BCUT2D eigenvalue weighted by atomic mass is 35.5. The minimum atomic E-state index is 0.564. The highest BCUT2D eigenvalue weighted by molar-refractivity contribution is 7.80. The summed E-state index contributed by atoms with van der Waals surface area (Å²) in [4.78, 5) is 0. The van der Waals surface area contributed by atoms with Crippen molar-refractivity contribution in [2.24, 2.45) is 0 Å². The van der Waals surface area contributed by atoms with E-state index < -0.39 is 0 Å². The van der Waals surface area contributed by atoms with Crippen molar-refractivity contribution in [3.8, 4) is 0 Å². The number of halogens is 1. The lowest BCUT2D eigenvalue weighted by Gasteiger charge is -2.11. The van der Waals surface area contributed by atoms with E-state index in [0.717, 1.165) is 5.69 Å². The van der Waals surface area contributed by atoms with Gasteiger partial charge in [0.25, 0.3) is 0 Å². The van der Waals surface area contributed by atoms with Gasteiger partial charge in [0.15, 0.2) is 5.11 Å². The predicted octanol–water partition coefficient (Wildman–Crippen LogP) is 4.14. The van der Waals surface area contributed by atoms with Crippen molar-refractivity contribution in [2.45, 2.75) is 13.5 Å². The number of aryl methyl sites for hydroxylation is 1. The Hall–Kier alpha value is -1.58. The minimum Gasteiger partial charge on any atom is -0.358 e. The Morgan fingerprint density at radius 3 is 2.47 bits per heavy atom. The van der Waals surface area contributed by atoms with Crippen LogP contribution in [0.15, 0.2) is 48.5 Å². The first-order chi connectivity index (χ1) is 9.15. The fourth-order valence-electron chi connectivity index (χ4n) is 1.62. The third-order valence-electron chi connectivity index (χ3n) is 2.70. The van der Waals surface area contributed by atoms with Gasteiger partial charge in [0, 0.05) is 6.54 Å². The Labute approximate surface area is 123 Å². The van der Waals surface area contributed by atoms with Gasteiger partial charge in [-0.15, -0.1) is 0 Å². The minimum absolute atomic E-state index is 0.564. The number of nitrogens with one attached hydrogen (secondary N) is 2. The van der Waals surface area contributed by atoms with Crippen LogP contribution in [0.2, 0.25) is 5.02 Å². The van der Waals surface area contributed by atoms with Gasteiger partial charge in [0.1, 0.15) is 0 Å². The molecule has 0 atom stereocenters. The van der Waals surface area contributed by atoms with Crippen LogP contribution in [0, 0.1) is 6.92 Å². The molecule has 0 unspecified atom stereocenters. The molecule has 0 saturated carbocycles. The zero-order valence-corrected chi connectivity index (χ0v) is 12.2. The predicted molar refractivity (Wildman–Crippen MR) is 85.7 cm³/mol. The Kier molecular flexibility index (Phi) is 4.77. The monoisotopic (exact) mass is 290 g/mol. The van der Waals surface area contributed by atoms with Gasteiger partial charge < -0.3 is 10.6 Å². The number of benzene rings is 2. The molecule has 0 aliphatic rings. The molecule has 0 aliphatic carbocycles. The summed E-state index contributed by atoms with van der Waals surface area (Å²) in [6, 6.07) is 15.9. The van der Waals surface area contributed by atoms with Crippen molar-refractivity contribution in [1.82, 2.24) is 5.32 Å². The lowest BCUT2D eigenvalue weighted by atomic mass is 10.1. The quantitative estimate of drug-likeness (QED) is 0.831. The van der Waals surface area contributed by atoms with Crippen molar-refractivity contribution in [2.75, 3.05) is 5.32 Å². The van der Waals surface area contributed by atoms with Gasteiger partial charge in [-0.25, -0.2) is 0 Å². The first kappa shape index (κ1) is 13.8. The summed E-state index contributed by atoms with van der Waals surface area (Å²) in [5, 5.41) is 7.45. The molecule has 2 aromatic rings. The fourth-order valence-corrected chi connectivity index (χ4v) is 1.98. The average Bonchev–Trinajstić information content (AvgIpc) is 2.41. The second-order valence-corrected chi connectivity index (χ2v) is 5.09. The number of rotatable bonds is 3. The molecule has 0 fully saturated rings. The molecule has 0 aromatic heterocycles. The van der Waals surface area contributed by atoms with E-state index in [9.17, 15) is 0 Å². The Morgan fingerprint density at radius 2 is 1.79 bits per heavy atom. The van der Waals surface area contributed by atoms with Gasteiger partial charge in [-0.1, -0.05) is 53.6 Å². The van der Waals surface area contributed by atoms with Crippen molar-refractivity contribution < 1.29 is 0 Å². The molecule has 2 nitrogen and oxygen atoms in total. The van der Waals surface area contributed by atoms with E-state index in [4.69, 9.17) is 23.8 Å². The second kappa shape index (κ2) is 6.55. The summed E-state index contributed by atoms with van der Waals surface area (Å²) >= 11 is 11.3. The lowest BCUT2D eigenvalue weighted by molar-refractivity contribution is 0.925. The fraction of sp³-hybridized carbons (Fsp3) is 0.133. The molecule has 0 heterocycles. The molecule has 4 heteroatoms. The summed E-state index contributed by atoms with van der Waals surface area (Å²) in [5.74, 6) is 0. The third-order valence-corrected chi connectivity index (χ3v) is 3.27. The average molecular weight is 291 g/mol. The van der Waals surface area contributed by atoms with Gasteiger partial charge in [-0.2, -0.15) is 0 Å². The molecule has 0 spiro atoms. The zero-order valence-electron chi connectivity index (χ0n) is 10.6. The molecule has 0 amide bonds. The molecule has 0 radical (unpaired) electrons. The molecule has 98 valence electrons. The number of hydrogen-bond donors (Lipinski definition) is 2. The summed E-state index contributed by atoms with van der Waals surface area (Å²) in [5.41, 5.74) is 3.25. The van der Waals surface area contributed by atoms with Gasteiger partial charge in [0.2, 0.25) is 0 Å². The molecule has 2 aromatic carbocycles. The SMILES string of the molecule is Cc1ccc(CNC(=S)Nc2ccccc2Cl)cc1. The highest BCUT2D eigenvalue weighted by Gasteiger charge is 2.01. The van der Waals surface area contributed by atoms with E-state index >= 15 is 0 Å². The van der Waals surface area contributed by atoms with E-state index in [1.807, 2.05) is 24.3 Å². The maximum Gasteiger partial charge on any atom is 0.171 e. The van der Waals surface area contributed by atoms with Gasteiger partial charge in [-0.3, -0.25) is 0 Å². The van der Waals surface area contributed by atoms with E-state index in [0.29, 0.717) is 16.7 Å². The van der Waals surface area contributed by atoms with Crippen LogP contribution in [0.3, 0.4) is 0 Å². The number of anilines is 1. The second-order valence-electron chi connectivity index (χ2n) is 4.27. The molecular formula is C15H15ClN2S. The molecule has 19 heavy (non-hydrogen) atoms. The topological polar surface area (TPSA) is 24.1 Å². The summed E-state index contributed by atoms with van der Waals surface area (Å²) < 4.78 is 0. The third kappa shape index (κ3) is 4.23. The van der Waals surface area contributed by atoms with E-state index in [1.54, 1.807) is 0 Å². The zero-order chi connectivity index (χ0) is 13.7. The smallest absolute Gasteiger partial charge is 0.171 e. The Balaban J connectivity index is 1.88. The Bertz CT molecular complexity index is 567. The lowest BCUT2D eigenvalue weighted by Crippen LogP contribution is -2.27. The maximum atomic E-state index is 6.05. The van der Waals surface area contributed by atoms with E-state index in [1.165, 1.54) is 11.1 Å². The van der Waals surface area contributed by atoms with Gasteiger partial charge >= 0.3 is 0 Å². The molecular weight excluding hydrogens is 276 g/mol. The summed E-state index contributed by atoms with van der Waals surface area (Å²) in [7, 11) is 0. The van der Waals surface area contributed by atoms with Crippen LogP contribution in [0.5, 0.6) is 0 Å². The molecule has 2 rings (SSSR count). The highest BCUT2D eigenvalue weighted by Crippen LogP contribution is 2.20. The normalized spacial score (nSPS) is 10.0. The first-order valence-electron chi connectivity index (χ1n) is 6.00. The van der Waals surface area contributed by atoms with E-state index in [-0.39, 0.29) is 0 Å². The number of hydrogen-bond acceptors (Lipinski definition) is 1. The van der Waals surface area contributed by atoms with Crippen LogP contribution in [0.4, 0.5) is 5.69 Å². The van der Waals surface area contributed by atoms with Crippen molar-refractivity contribution >= 4 is 34.6 Å². The van der Waals surface area contributed by atoms with Crippen molar-refractivity contribution in [1.29, 1.82) is 0 Å². The number of thiocarbonyl (C=S) groups is 1. The molecule has 0 saturated heterocycles. The number of para-hydroxylation sites is 1. The Morgan fingerprint density at radius 1 is 1.11 bits per heavy atom. The van der Waals surface area contributed by atoms with Crippen LogP contribution in [0.25, 0.3) is 0 Å². The molecule has 0 bridgehead atoms. The van der Waals surface area contributed by atoms with Crippen molar-refractivity contribution in [3.05, 3.63) is 64.7 Å². The van der Waals surface area contributed by atoms with E-state index in [2.05, 4.69) is 41.8 Å². The summed E-state index contributed by atoms with van der Waals surface area (Å²) in [6.45, 7) is 2.76. The summed E-state index contributed by atoms with van der Waals surface area (Å²) in [6.07, 6.45) is 0. The largest absolute Gasteiger partial charge is 0.358 e. The van der Waals surface area contributed by atoms with Crippen molar-refractivity contribution in [3.63, 3.8) is 0 Å². The van der Waals surface area contributed by atoms with Crippen LogP contribution >= 0.6 is 23.8 Å². The van der Waals surface area contributed by atoms with Crippen LogP contribution < -0.4 is 10.6 Å². The standard InChI is InChI=1S/C15H15ClN2S/c1-11-6-8-12(9-7-11)10-17-15(19)18-14-5-3-2-4-13(14)16/h2-9H,10H2,1H3,(H2,17,18,19). The molecule has 2 N–H and O–H groups in total. The first-order valence-corrected chi connectivity index (χ1v) is 6.79.